The highest BCUT2D eigenvalue weighted by Crippen LogP contribution is 2.15. The van der Waals surface area contributed by atoms with Crippen LogP contribution in [0.2, 0.25) is 0 Å². The minimum atomic E-state index is -0.329. The fourth-order valence-corrected chi connectivity index (χ4v) is 1.79. The fourth-order valence-electron chi connectivity index (χ4n) is 1.79. The smallest absolute Gasteiger partial charge is 0.324 e. The minimum absolute atomic E-state index is 0.0711. The van der Waals surface area contributed by atoms with Crippen molar-refractivity contribution in [2.24, 2.45) is 5.73 Å². The number of carbonyl (C=O) groups excluding carboxylic acids is 1. The Balaban J connectivity index is 2.03. The minimum Gasteiger partial charge on any atom is -0.324 e. The van der Waals surface area contributed by atoms with Crippen molar-refractivity contribution >= 4 is 17.5 Å². The molecule has 0 aliphatic carbocycles. The Kier molecular flexibility index (Phi) is 4.32. The van der Waals surface area contributed by atoms with Gasteiger partial charge in [-0.1, -0.05) is 18.2 Å². The molecule has 0 radical (unpaired) electrons. The van der Waals surface area contributed by atoms with Crippen LogP contribution in [0.3, 0.4) is 0 Å². The van der Waals surface area contributed by atoms with Gasteiger partial charge in [0.1, 0.15) is 5.82 Å². The van der Waals surface area contributed by atoms with Crippen molar-refractivity contribution in [2.75, 3.05) is 10.6 Å². The van der Waals surface area contributed by atoms with Gasteiger partial charge in [-0.05, 0) is 43.7 Å². The Morgan fingerprint density at radius 1 is 1.20 bits per heavy atom. The molecule has 1 aromatic carbocycles. The number of benzene rings is 1. The maximum Gasteiger partial charge on any atom is 0.324 e. The highest BCUT2D eigenvalue weighted by Gasteiger charge is 2.05. The van der Waals surface area contributed by atoms with E-state index >= 15 is 0 Å². The lowest BCUT2D eigenvalue weighted by Crippen LogP contribution is -2.20. The Hall–Kier alpha value is -2.40. The predicted octanol–water partition coefficient (Wildman–Crippen LogP) is 3.05. The first-order valence-corrected chi connectivity index (χ1v) is 6.42. The molecular weight excluding hydrogens is 252 g/mol. The number of rotatable bonds is 3. The van der Waals surface area contributed by atoms with Crippen LogP contribution in [0.4, 0.5) is 16.3 Å². The Bertz CT molecular complexity index is 610. The first kappa shape index (κ1) is 14.0. The monoisotopic (exact) mass is 270 g/mol. The molecule has 0 spiro atoms. The normalized spacial score (nSPS) is 11.8. The van der Waals surface area contributed by atoms with Gasteiger partial charge in [0.2, 0.25) is 0 Å². The molecule has 20 heavy (non-hydrogen) atoms. The summed E-state index contributed by atoms with van der Waals surface area (Å²) >= 11 is 0. The summed E-state index contributed by atoms with van der Waals surface area (Å²) in [5, 5.41) is 5.45. The molecule has 5 nitrogen and oxygen atoms in total. The van der Waals surface area contributed by atoms with E-state index in [1.165, 1.54) is 0 Å². The first-order valence-electron chi connectivity index (χ1n) is 6.42. The third kappa shape index (κ3) is 3.80. The Morgan fingerprint density at radius 3 is 2.65 bits per heavy atom. The van der Waals surface area contributed by atoms with Crippen LogP contribution in [0.1, 0.15) is 24.2 Å². The zero-order chi connectivity index (χ0) is 14.5. The van der Waals surface area contributed by atoms with E-state index in [9.17, 15) is 4.79 Å². The highest BCUT2D eigenvalue weighted by atomic mass is 16.2. The first-order chi connectivity index (χ1) is 9.54. The molecule has 2 rings (SSSR count). The van der Waals surface area contributed by atoms with Crippen LogP contribution in [0.25, 0.3) is 0 Å². The molecule has 4 N–H and O–H groups in total. The zero-order valence-corrected chi connectivity index (χ0v) is 11.6. The SMILES string of the molecule is Cc1cccc(NC(=O)Nc2cccc(C(C)N)c2)n1. The van der Waals surface area contributed by atoms with Crippen LogP contribution in [-0.4, -0.2) is 11.0 Å². The van der Waals surface area contributed by atoms with Gasteiger partial charge < -0.3 is 11.1 Å². The number of hydrogen-bond acceptors (Lipinski definition) is 3. The van der Waals surface area contributed by atoms with Gasteiger partial charge in [-0.3, -0.25) is 5.32 Å². The number of urea groups is 1. The van der Waals surface area contributed by atoms with Gasteiger partial charge in [0, 0.05) is 17.4 Å². The summed E-state index contributed by atoms with van der Waals surface area (Å²) in [5.74, 6) is 0.519. The third-order valence-electron chi connectivity index (χ3n) is 2.80. The summed E-state index contributed by atoms with van der Waals surface area (Å²) in [5.41, 5.74) is 8.33. The summed E-state index contributed by atoms with van der Waals surface area (Å²) in [6.07, 6.45) is 0. The molecular formula is C15H18N4O. The Labute approximate surface area is 118 Å². The third-order valence-corrected chi connectivity index (χ3v) is 2.80. The van der Waals surface area contributed by atoms with E-state index in [2.05, 4.69) is 15.6 Å². The summed E-state index contributed by atoms with van der Waals surface area (Å²) < 4.78 is 0. The topological polar surface area (TPSA) is 80.0 Å². The summed E-state index contributed by atoms with van der Waals surface area (Å²) in [4.78, 5) is 16.1. The van der Waals surface area contributed by atoms with E-state index in [1.807, 2.05) is 50.2 Å². The maximum atomic E-state index is 11.9. The largest absolute Gasteiger partial charge is 0.324 e. The van der Waals surface area contributed by atoms with E-state index in [0.717, 1.165) is 11.3 Å². The molecule has 0 fully saturated rings. The number of aryl methyl sites for hydroxylation is 1. The lowest BCUT2D eigenvalue weighted by Gasteiger charge is -2.10. The van der Waals surface area contributed by atoms with E-state index in [0.29, 0.717) is 11.5 Å². The number of nitrogens with one attached hydrogen (secondary N) is 2. The van der Waals surface area contributed by atoms with Crippen molar-refractivity contribution in [1.82, 2.24) is 4.98 Å². The predicted molar refractivity (Wildman–Crippen MR) is 80.7 cm³/mol. The number of anilines is 2. The molecule has 0 aliphatic heterocycles. The molecule has 1 heterocycles. The van der Waals surface area contributed by atoms with Gasteiger partial charge in [0.15, 0.2) is 0 Å². The quantitative estimate of drug-likeness (QED) is 0.802. The van der Waals surface area contributed by atoms with Crippen LogP contribution < -0.4 is 16.4 Å². The number of hydrogen-bond donors (Lipinski definition) is 3. The van der Waals surface area contributed by atoms with Gasteiger partial charge >= 0.3 is 6.03 Å². The van der Waals surface area contributed by atoms with Gasteiger partial charge in [-0.15, -0.1) is 0 Å². The second kappa shape index (κ2) is 6.16. The van der Waals surface area contributed by atoms with Crippen molar-refractivity contribution in [1.29, 1.82) is 0 Å². The molecule has 0 saturated heterocycles. The molecule has 1 unspecified atom stereocenters. The number of nitrogens with zero attached hydrogens (tertiary/aromatic N) is 1. The van der Waals surface area contributed by atoms with Crippen LogP contribution in [0.5, 0.6) is 0 Å². The van der Waals surface area contributed by atoms with Crippen molar-refractivity contribution in [3.63, 3.8) is 0 Å². The zero-order valence-electron chi connectivity index (χ0n) is 11.6. The van der Waals surface area contributed by atoms with E-state index in [4.69, 9.17) is 5.73 Å². The molecule has 0 bridgehead atoms. The molecule has 1 aromatic heterocycles. The molecule has 0 aliphatic rings. The number of nitrogens with two attached hydrogens (primary N) is 1. The fraction of sp³-hybridized carbons (Fsp3) is 0.200. The van der Waals surface area contributed by atoms with Gasteiger partial charge in [-0.2, -0.15) is 0 Å². The van der Waals surface area contributed by atoms with Crippen LogP contribution >= 0.6 is 0 Å². The molecule has 104 valence electrons. The number of amides is 2. The molecule has 2 amide bonds. The number of aromatic nitrogens is 1. The average molecular weight is 270 g/mol. The molecule has 5 heteroatoms. The van der Waals surface area contributed by atoms with E-state index < -0.39 is 0 Å². The number of pyridine rings is 1. The maximum absolute atomic E-state index is 11.9. The van der Waals surface area contributed by atoms with Crippen LogP contribution in [0, 0.1) is 6.92 Å². The summed E-state index contributed by atoms with van der Waals surface area (Å²) in [6.45, 7) is 3.77. The summed E-state index contributed by atoms with van der Waals surface area (Å²) in [7, 11) is 0. The average Bonchev–Trinajstić information content (AvgIpc) is 2.38. The van der Waals surface area contributed by atoms with Crippen molar-refractivity contribution in [3.8, 4) is 0 Å². The molecule has 2 aromatic rings. The summed E-state index contributed by atoms with van der Waals surface area (Å²) in [6, 6.07) is 12.5. The van der Waals surface area contributed by atoms with E-state index in [1.54, 1.807) is 6.07 Å². The van der Waals surface area contributed by atoms with Gasteiger partial charge in [0.25, 0.3) is 0 Å². The van der Waals surface area contributed by atoms with Crippen LogP contribution in [0.15, 0.2) is 42.5 Å². The van der Waals surface area contributed by atoms with Crippen molar-refractivity contribution in [2.45, 2.75) is 19.9 Å². The molecule has 0 saturated carbocycles. The van der Waals surface area contributed by atoms with E-state index in [-0.39, 0.29) is 12.1 Å². The lowest BCUT2D eigenvalue weighted by atomic mass is 10.1. The van der Waals surface area contributed by atoms with Crippen molar-refractivity contribution < 1.29 is 4.79 Å². The lowest BCUT2D eigenvalue weighted by molar-refractivity contribution is 0.262. The highest BCUT2D eigenvalue weighted by molar-refractivity contribution is 5.99. The second-order valence-electron chi connectivity index (χ2n) is 4.66. The number of carbonyl (C=O) groups is 1. The second-order valence-corrected chi connectivity index (χ2v) is 4.66. The molecule has 1 atom stereocenters. The van der Waals surface area contributed by atoms with Crippen LogP contribution in [-0.2, 0) is 0 Å². The van der Waals surface area contributed by atoms with Gasteiger partial charge in [0.05, 0.1) is 0 Å². The van der Waals surface area contributed by atoms with Crippen molar-refractivity contribution in [3.05, 3.63) is 53.7 Å². The Morgan fingerprint density at radius 2 is 1.95 bits per heavy atom. The standard InChI is InChI=1S/C15H18N4O/c1-10-5-3-8-14(17-10)19-15(20)18-13-7-4-6-12(9-13)11(2)16/h3-9,11H,16H2,1-2H3,(H2,17,18,19,20). The van der Waals surface area contributed by atoms with Gasteiger partial charge in [-0.25, -0.2) is 9.78 Å².